The molecule has 1 N–H and O–H groups in total. The van der Waals surface area contributed by atoms with Crippen LogP contribution in [0.4, 0.5) is 0 Å². The van der Waals surface area contributed by atoms with Crippen LogP contribution in [0.1, 0.15) is 11.7 Å². The number of morpholine rings is 1. The van der Waals surface area contributed by atoms with Crippen molar-refractivity contribution in [3.8, 4) is 5.75 Å². The van der Waals surface area contributed by atoms with Gasteiger partial charge in [-0.25, -0.2) is 0 Å². The van der Waals surface area contributed by atoms with Crippen molar-refractivity contribution in [1.29, 1.82) is 0 Å². The van der Waals surface area contributed by atoms with E-state index in [9.17, 15) is 4.79 Å². The maximum Gasteiger partial charge on any atom is 0.250 e. The topological polar surface area (TPSA) is 47.6 Å². The van der Waals surface area contributed by atoms with Gasteiger partial charge in [0, 0.05) is 5.56 Å². The predicted molar refractivity (Wildman–Crippen MR) is 52.0 cm³/mol. The fraction of sp³-hybridized carbons (Fsp3) is 0.182. The minimum Gasteiger partial charge on any atom is -0.463 e. The first-order valence-corrected chi connectivity index (χ1v) is 4.72. The van der Waals surface area contributed by atoms with E-state index >= 15 is 0 Å². The molecule has 0 aliphatic carbocycles. The van der Waals surface area contributed by atoms with Crippen molar-refractivity contribution < 1.29 is 14.3 Å². The number of hydrogen-bond donors (Lipinski definition) is 1. The molecule has 2 aliphatic rings. The second kappa shape index (κ2) is 3.10. The Hall–Kier alpha value is -1.81. The van der Waals surface area contributed by atoms with Crippen LogP contribution >= 0.6 is 0 Å². The second-order valence-corrected chi connectivity index (χ2v) is 3.47. The van der Waals surface area contributed by atoms with Crippen molar-refractivity contribution in [2.45, 2.75) is 6.10 Å². The summed E-state index contributed by atoms with van der Waals surface area (Å²) in [6.07, 6.45) is 1.33. The lowest BCUT2D eigenvalue weighted by Gasteiger charge is -2.30. The summed E-state index contributed by atoms with van der Waals surface area (Å²) in [7, 11) is 0. The highest BCUT2D eigenvalue weighted by molar-refractivity contribution is 5.80. The fourth-order valence-corrected chi connectivity index (χ4v) is 1.79. The molecule has 3 rings (SSSR count). The number of benzene rings is 1. The Morgan fingerprint density at radius 3 is 3.13 bits per heavy atom. The van der Waals surface area contributed by atoms with E-state index in [0.29, 0.717) is 5.70 Å². The van der Waals surface area contributed by atoms with Crippen LogP contribution in [0, 0.1) is 0 Å². The average Bonchev–Trinajstić information content (AvgIpc) is 2.28. The van der Waals surface area contributed by atoms with Crippen molar-refractivity contribution in [3.05, 3.63) is 41.8 Å². The van der Waals surface area contributed by atoms with E-state index in [0.717, 1.165) is 11.3 Å². The van der Waals surface area contributed by atoms with Crippen LogP contribution in [0.2, 0.25) is 0 Å². The highest BCUT2D eigenvalue weighted by Crippen LogP contribution is 2.36. The zero-order chi connectivity index (χ0) is 10.3. The largest absolute Gasteiger partial charge is 0.463 e. The molecule has 1 aromatic carbocycles. The van der Waals surface area contributed by atoms with Crippen LogP contribution < -0.4 is 10.1 Å². The van der Waals surface area contributed by atoms with Gasteiger partial charge in [0.2, 0.25) is 5.91 Å². The number of hydrogen-bond acceptors (Lipinski definition) is 3. The van der Waals surface area contributed by atoms with Gasteiger partial charge in [-0.2, -0.15) is 0 Å². The maximum absolute atomic E-state index is 11.1. The summed E-state index contributed by atoms with van der Waals surface area (Å²) in [6, 6.07) is 7.64. The summed E-state index contributed by atoms with van der Waals surface area (Å²) < 4.78 is 10.8. The van der Waals surface area contributed by atoms with Gasteiger partial charge < -0.3 is 14.8 Å². The molecule has 0 saturated carbocycles. The molecule has 0 radical (unpaired) electrons. The Labute approximate surface area is 86.5 Å². The van der Waals surface area contributed by atoms with E-state index in [1.807, 2.05) is 24.3 Å². The van der Waals surface area contributed by atoms with Crippen LogP contribution in [-0.4, -0.2) is 12.5 Å². The third-order valence-electron chi connectivity index (χ3n) is 2.46. The molecular formula is C11H9NO3. The number of rotatable bonds is 0. The normalized spacial score (nSPS) is 23.1. The fourth-order valence-electron chi connectivity index (χ4n) is 1.79. The first-order chi connectivity index (χ1) is 7.34. The SMILES string of the molecule is O=C1COC2C(=COc3ccccc32)N1. The third kappa shape index (κ3) is 1.30. The monoisotopic (exact) mass is 203 g/mol. The number of carbonyl (C=O) groups excluding carboxylic acids is 1. The predicted octanol–water partition coefficient (Wildman–Crippen LogP) is 1.11. The number of carbonyl (C=O) groups is 1. The van der Waals surface area contributed by atoms with Crippen LogP contribution in [0.15, 0.2) is 36.2 Å². The molecule has 2 aliphatic heterocycles. The van der Waals surface area contributed by atoms with Crippen LogP contribution in [0.25, 0.3) is 0 Å². The van der Waals surface area contributed by atoms with E-state index < -0.39 is 0 Å². The van der Waals surface area contributed by atoms with E-state index in [2.05, 4.69) is 5.32 Å². The first kappa shape index (κ1) is 8.49. The van der Waals surface area contributed by atoms with E-state index in [1.54, 1.807) is 0 Å². The molecule has 1 unspecified atom stereocenters. The minimum absolute atomic E-state index is 0.0936. The molecule has 4 nitrogen and oxygen atoms in total. The number of para-hydroxylation sites is 1. The van der Waals surface area contributed by atoms with Crippen molar-refractivity contribution >= 4 is 5.91 Å². The molecule has 76 valence electrons. The molecular weight excluding hydrogens is 194 g/mol. The molecule has 1 atom stereocenters. The maximum atomic E-state index is 11.1. The van der Waals surface area contributed by atoms with Gasteiger partial charge in [-0.05, 0) is 6.07 Å². The lowest BCUT2D eigenvalue weighted by atomic mass is 10.0. The molecule has 2 heterocycles. The number of amides is 1. The second-order valence-electron chi connectivity index (χ2n) is 3.47. The van der Waals surface area contributed by atoms with Crippen molar-refractivity contribution in [2.75, 3.05) is 6.61 Å². The van der Waals surface area contributed by atoms with Crippen molar-refractivity contribution in [2.24, 2.45) is 0 Å². The average molecular weight is 203 g/mol. The quantitative estimate of drug-likeness (QED) is 0.687. The number of ether oxygens (including phenoxy) is 2. The molecule has 1 saturated heterocycles. The minimum atomic E-state index is -0.201. The van der Waals surface area contributed by atoms with Gasteiger partial charge >= 0.3 is 0 Å². The molecule has 1 aromatic rings. The van der Waals surface area contributed by atoms with Crippen molar-refractivity contribution in [1.82, 2.24) is 5.32 Å². The van der Waals surface area contributed by atoms with Gasteiger partial charge in [-0.3, -0.25) is 4.79 Å². The molecule has 0 spiro atoms. The molecule has 0 bridgehead atoms. The van der Waals surface area contributed by atoms with E-state index in [1.165, 1.54) is 6.26 Å². The zero-order valence-corrected chi connectivity index (χ0v) is 7.90. The highest BCUT2D eigenvalue weighted by atomic mass is 16.5. The van der Waals surface area contributed by atoms with Gasteiger partial charge in [-0.1, -0.05) is 18.2 Å². The molecule has 4 heteroatoms. The number of nitrogens with one attached hydrogen (secondary N) is 1. The molecule has 0 aromatic heterocycles. The smallest absolute Gasteiger partial charge is 0.250 e. The van der Waals surface area contributed by atoms with Gasteiger partial charge in [0.1, 0.15) is 24.7 Å². The molecule has 1 amide bonds. The van der Waals surface area contributed by atoms with Gasteiger partial charge in [-0.15, -0.1) is 0 Å². The highest BCUT2D eigenvalue weighted by Gasteiger charge is 2.30. The number of fused-ring (bicyclic) bond motifs is 3. The van der Waals surface area contributed by atoms with Crippen LogP contribution in [0.3, 0.4) is 0 Å². The summed E-state index contributed by atoms with van der Waals surface area (Å²) in [5, 5.41) is 2.73. The Balaban J connectivity index is 2.03. The van der Waals surface area contributed by atoms with Crippen LogP contribution in [-0.2, 0) is 9.53 Å². The summed E-state index contributed by atoms with van der Waals surface area (Å²) in [5.74, 6) is 0.642. The standard InChI is InChI=1S/C11H9NO3/c13-10-6-15-11-7-3-1-2-4-9(7)14-5-8(11)12-10/h1-5,11H,6H2,(H,12,13). The van der Waals surface area contributed by atoms with Crippen molar-refractivity contribution in [3.63, 3.8) is 0 Å². The van der Waals surface area contributed by atoms with E-state index in [4.69, 9.17) is 9.47 Å². The summed E-state index contributed by atoms with van der Waals surface area (Å²) >= 11 is 0. The van der Waals surface area contributed by atoms with Gasteiger partial charge in [0.15, 0.2) is 0 Å². The summed E-state index contributed by atoms with van der Waals surface area (Å²) in [5.41, 5.74) is 1.62. The first-order valence-electron chi connectivity index (χ1n) is 4.72. The Bertz CT molecular complexity index is 453. The van der Waals surface area contributed by atoms with Gasteiger partial charge in [0.25, 0.3) is 0 Å². The van der Waals surface area contributed by atoms with E-state index in [-0.39, 0.29) is 18.6 Å². The lowest BCUT2D eigenvalue weighted by Crippen LogP contribution is -2.38. The summed E-state index contributed by atoms with van der Waals surface area (Å²) in [6.45, 7) is 0.0936. The Kier molecular flexibility index (Phi) is 1.76. The third-order valence-corrected chi connectivity index (χ3v) is 2.46. The van der Waals surface area contributed by atoms with Gasteiger partial charge in [0.05, 0.1) is 5.70 Å². The zero-order valence-electron chi connectivity index (χ0n) is 7.90. The molecule has 15 heavy (non-hydrogen) atoms. The Morgan fingerprint density at radius 1 is 1.33 bits per heavy atom. The lowest BCUT2D eigenvalue weighted by molar-refractivity contribution is -0.130. The molecule has 1 fully saturated rings. The Morgan fingerprint density at radius 2 is 2.20 bits per heavy atom. The van der Waals surface area contributed by atoms with Crippen LogP contribution in [0.5, 0.6) is 5.75 Å². The summed E-state index contributed by atoms with van der Waals surface area (Å²) in [4.78, 5) is 11.1.